The maximum absolute atomic E-state index is 10.6. The molecule has 0 atom stereocenters. The van der Waals surface area contributed by atoms with Crippen molar-refractivity contribution < 1.29 is 15.0 Å². The lowest BCUT2D eigenvalue weighted by Crippen LogP contribution is -2.26. The number of carboxylic acids is 1. The number of rotatable bonds is 4. The van der Waals surface area contributed by atoms with Crippen molar-refractivity contribution in [3.8, 4) is 0 Å². The molecule has 0 aliphatic heterocycles. The molecule has 1 aliphatic carbocycles. The number of nitrogens with one attached hydrogen (secondary N) is 1. The number of carbonyl (C=O) groups is 1. The Kier molecular flexibility index (Phi) is 2.28. The highest BCUT2D eigenvalue weighted by Gasteiger charge is 2.42. The van der Waals surface area contributed by atoms with Gasteiger partial charge in [-0.05, 0) is 12.8 Å². The minimum absolute atomic E-state index is 0.0198. The summed E-state index contributed by atoms with van der Waals surface area (Å²) in [4.78, 5) is 18.3. The molecular weight excluding hydrogens is 198 g/mol. The summed E-state index contributed by atoms with van der Waals surface area (Å²) in [5.41, 5.74) is -0.417. The highest BCUT2D eigenvalue weighted by Crippen LogP contribution is 2.37. The zero-order valence-corrected chi connectivity index (χ0v) is 7.97. The molecule has 0 amide bonds. The van der Waals surface area contributed by atoms with Gasteiger partial charge in [0.1, 0.15) is 5.82 Å². The lowest BCUT2D eigenvalue weighted by molar-refractivity contribution is 0.0690. The van der Waals surface area contributed by atoms with Crippen LogP contribution >= 0.6 is 0 Å². The molecule has 1 aromatic heterocycles. The highest BCUT2D eigenvalue weighted by atomic mass is 16.4. The number of nitrogens with zero attached hydrogens (tertiary/aromatic N) is 2. The van der Waals surface area contributed by atoms with Gasteiger partial charge in [-0.2, -0.15) is 0 Å². The summed E-state index contributed by atoms with van der Waals surface area (Å²) < 4.78 is 0. The second-order valence-electron chi connectivity index (χ2n) is 3.66. The summed E-state index contributed by atoms with van der Waals surface area (Å²) in [6.45, 7) is 0.0198. The molecular formula is C9H11N3O3. The van der Waals surface area contributed by atoms with E-state index in [1.165, 1.54) is 12.4 Å². The van der Waals surface area contributed by atoms with Crippen LogP contribution in [0.3, 0.4) is 0 Å². The summed E-state index contributed by atoms with van der Waals surface area (Å²) >= 11 is 0. The topological polar surface area (TPSA) is 95.3 Å². The van der Waals surface area contributed by atoms with Crippen LogP contribution in [0.25, 0.3) is 0 Å². The summed E-state index contributed by atoms with van der Waals surface area (Å²) in [6, 6.07) is 0. The van der Waals surface area contributed by atoms with Gasteiger partial charge in [0.2, 0.25) is 0 Å². The smallest absolute Gasteiger partial charge is 0.356 e. The Morgan fingerprint density at radius 2 is 2.27 bits per heavy atom. The van der Waals surface area contributed by atoms with Gasteiger partial charge in [-0.25, -0.2) is 9.78 Å². The molecule has 1 fully saturated rings. The summed E-state index contributed by atoms with van der Waals surface area (Å²) in [7, 11) is 0. The maximum atomic E-state index is 10.6. The van der Waals surface area contributed by atoms with Crippen molar-refractivity contribution in [3.63, 3.8) is 0 Å². The second-order valence-corrected chi connectivity index (χ2v) is 3.66. The molecule has 80 valence electrons. The average molecular weight is 209 g/mol. The van der Waals surface area contributed by atoms with Gasteiger partial charge in [0.25, 0.3) is 0 Å². The van der Waals surface area contributed by atoms with E-state index in [1.54, 1.807) is 0 Å². The molecule has 2 rings (SSSR count). The molecule has 3 N–H and O–H groups in total. The molecule has 15 heavy (non-hydrogen) atoms. The average Bonchev–Trinajstić information content (AvgIpc) is 2.99. The van der Waals surface area contributed by atoms with Crippen molar-refractivity contribution in [2.75, 3.05) is 11.9 Å². The lowest BCUT2D eigenvalue weighted by atomic mass is 10.3. The van der Waals surface area contributed by atoms with E-state index in [9.17, 15) is 4.79 Å². The van der Waals surface area contributed by atoms with Crippen LogP contribution in [0.1, 0.15) is 23.3 Å². The zero-order valence-electron chi connectivity index (χ0n) is 7.97. The molecule has 0 spiro atoms. The fourth-order valence-electron chi connectivity index (χ4n) is 1.27. The van der Waals surface area contributed by atoms with Crippen molar-refractivity contribution in [1.29, 1.82) is 0 Å². The van der Waals surface area contributed by atoms with Crippen LogP contribution in [0.15, 0.2) is 12.4 Å². The normalized spacial score (nSPS) is 17.1. The molecule has 6 nitrogen and oxygen atoms in total. The first-order valence-electron chi connectivity index (χ1n) is 4.60. The van der Waals surface area contributed by atoms with Crippen LogP contribution in [0.5, 0.6) is 0 Å². The van der Waals surface area contributed by atoms with E-state index in [-0.39, 0.29) is 17.8 Å². The molecule has 0 saturated heterocycles. The Balaban J connectivity index is 2.15. The largest absolute Gasteiger partial charge is 0.476 e. The Morgan fingerprint density at radius 1 is 1.53 bits per heavy atom. The predicted molar refractivity (Wildman–Crippen MR) is 51.7 cm³/mol. The van der Waals surface area contributed by atoms with E-state index in [0.717, 1.165) is 12.8 Å². The number of aromatic nitrogens is 2. The van der Waals surface area contributed by atoms with Crippen molar-refractivity contribution in [2.24, 2.45) is 0 Å². The molecule has 1 heterocycles. The lowest BCUT2D eigenvalue weighted by Gasteiger charge is -2.14. The number of aromatic carboxylic acids is 1. The summed E-state index contributed by atoms with van der Waals surface area (Å²) in [5.74, 6) is -0.721. The SMILES string of the molecule is O=C(O)c1cncc(NC2(CO)CC2)n1. The van der Waals surface area contributed by atoms with Crippen LogP contribution in [-0.2, 0) is 0 Å². The fourth-order valence-corrected chi connectivity index (χ4v) is 1.27. The zero-order chi connectivity index (χ0) is 10.9. The minimum atomic E-state index is -1.11. The predicted octanol–water partition coefficient (Wildman–Crippen LogP) is 0.112. The fraction of sp³-hybridized carbons (Fsp3) is 0.444. The van der Waals surface area contributed by atoms with Gasteiger partial charge < -0.3 is 15.5 Å². The molecule has 1 aliphatic rings. The number of aliphatic hydroxyl groups is 1. The third kappa shape index (κ3) is 2.04. The van der Waals surface area contributed by atoms with E-state index < -0.39 is 5.97 Å². The van der Waals surface area contributed by atoms with Crippen molar-refractivity contribution >= 4 is 11.8 Å². The quantitative estimate of drug-likeness (QED) is 0.651. The Hall–Kier alpha value is -1.69. The minimum Gasteiger partial charge on any atom is -0.476 e. The van der Waals surface area contributed by atoms with E-state index in [0.29, 0.717) is 5.82 Å². The van der Waals surface area contributed by atoms with Gasteiger partial charge in [0.05, 0.1) is 24.5 Å². The van der Waals surface area contributed by atoms with E-state index in [4.69, 9.17) is 10.2 Å². The molecule has 0 bridgehead atoms. The Morgan fingerprint density at radius 3 is 2.80 bits per heavy atom. The third-order valence-electron chi connectivity index (χ3n) is 2.40. The molecule has 1 aromatic rings. The second kappa shape index (κ2) is 3.47. The van der Waals surface area contributed by atoms with Crippen LogP contribution in [0.2, 0.25) is 0 Å². The first-order valence-corrected chi connectivity index (χ1v) is 4.60. The standard InChI is InChI=1S/C9H11N3O3/c13-5-9(1-2-9)12-7-4-10-3-6(11-7)8(14)15/h3-4,13H,1-2,5H2,(H,11,12)(H,14,15). The van der Waals surface area contributed by atoms with Crippen molar-refractivity contribution in [3.05, 3.63) is 18.1 Å². The highest BCUT2D eigenvalue weighted by molar-refractivity contribution is 5.85. The Bertz CT molecular complexity index is 390. The van der Waals surface area contributed by atoms with Crippen LogP contribution in [0, 0.1) is 0 Å². The molecule has 1 saturated carbocycles. The summed E-state index contributed by atoms with van der Waals surface area (Å²) in [6.07, 6.45) is 4.36. The molecule has 6 heteroatoms. The van der Waals surface area contributed by atoms with Gasteiger partial charge in [-0.3, -0.25) is 4.98 Å². The van der Waals surface area contributed by atoms with Crippen LogP contribution < -0.4 is 5.32 Å². The first kappa shape index (κ1) is 9.85. The third-order valence-corrected chi connectivity index (χ3v) is 2.40. The van der Waals surface area contributed by atoms with E-state index >= 15 is 0 Å². The van der Waals surface area contributed by atoms with Gasteiger partial charge in [0, 0.05) is 0 Å². The molecule has 0 radical (unpaired) electrons. The molecule has 0 unspecified atom stereocenters. The van der Waals surface area contributed by atoms with E-state index in [1.807, 2.05) is 0 Å². The van der Waals surface area contributed by atoms with Crippen molar-refractivity contribution in [1.82, 2.24) is 9.97 Å². The monoisotopic (exact) mass is 209 g/mol. The number of hydrogen-bond donors (Lipinski definition) is 3. The number of aliphatic hydroxyl groups excluding tert-OH is 1. The number of anilines is 1. The van der Waals surface area contributed by atoms with Crippen molar-refractivity contribution in [2.45, 2.75) is 18.4 Å². The number of carboxylic acid groups (broad SMARTS) is 1. The van der Waals surface area contributed by atoms with E-state index in [2.05, 4.69) is 15.3 Å². The van der Waals surface area contributed by atoms with Crippen LogP contribution in [-0.4, -0.2) is 38.3 Å². The first-order chi connectivity index (χ1) is 7.15. The Labute approximate surface area is 86.0 Å². The van der Waals surface area contributed by atoms with Gasteiger partial charge in [-0.15, -0.1) is 0 Å². The van der Waals surface area contributed by atoms with Gasteiger partial charge in [0.15, 0.2) is 5.69 Å². The van der Waals surface area contributed by atoms with Gasteiger partial charge >= 0.3 is 5.97 Å². The van der Waals surface area contributed by atoms with Crippen LogP contribution in [0.4, 0.5) is 5.82 Å². The number of hydrogen-bond acceptors (Lipinski definition) is 5. The molecule has 0 aromatic carbocycles. The maximum Gasteiger partial charge on any atom is 0.356 e. The summed E-state index contributed by atoms with van der Waals surface area (Å²) in [5, 5.41) is 20.8. The van der Waals surface area contributed by atoms with Gasteiger partial charge in [-0.1, -0.05) is 0 Å².